The molecule has 2 N–H and O–H groups in total. The molecule has 0 radical (unpaired) electrons. The Morgan fingerprint density at radius 2 is 2.13 bits per heavy atom. The summed E-state index contributed by atoms with van der Waals surface area (Å²) in [5.74, 6) is 1.75. The van der Waals surface area contributed by atoms with E-state index >= 15 is 0 Å². The summed E-state index contributed by atoms with van der Waals surface area (Å²) in [4.78, 5) is 20.8. The minimum absolute atomic E-state index is 0.111. The lowest BCUT2D eigenvalue weighted by Gasteiger charge is -2.25. The van der Waals surface area contributed by atoms with Crippen molar-refractivity contribution in [3.05, 3.63) is 35.7 Å². The van der Waals surface area contributed by atoms with Crippen LogP contribution in [0.15, 0.2) is 24.3 Å². The first-order valence-corrected chi connectivity index (χ1v) is 11.6. The Morgan fingerprint density at radius 3 is 2.87 bits per heavy atom. The first-order valence-electron chi connectivity index (χ1n) is 10.9. The Kier molecular flexibility index (Phi) is 8.45. The molecule has 0 atom stereocenters. The van der Waals surface area contributed by atoms with Crippen LogP contribution in [0, 0.1) is 0 Å². The van der Waals surface area contributed by atoms with Gasteiger partial charge in [0.05, 0.1) is 33.3 Å². The van der Waals surface area contributed by atoms with E-state index in [0.717, 1.165) is 35.4 Å². The first kappa shape index (κ1) is 22.5. The zero-order valence-electron chi connectivity index (χ0n) is 18.3. The number of ether oxygens (including phenoxy) is 1. The van der Waals surface area contributed by atoms with E-state index in [9.17, 15) is 4.79 Å². The number of hydrogen-bond donors (Lipinski definition) is 2. The van der Waals surface area contributed by atoms with Crippen LogP contribution in [0.1, 0.15) is 44.5 Å². The quantitative estimate of drug-likeness (QED) is 0.564. The predicted molar refractivity (Wildman–Crippen MR) is 121 cm³/mol. The van der Waals surface area contributed by atoms with E-state index in [0.29, 0.717) is 19.4 Å². The van der Waals surface area contributed by atoms with Crippen LogP contribution < -0.4 is 19.9 Å². The number of rotatable bonds is 11. The topological polar surface area (TPSA) is 71.8 Å². The summed E-state index contributed by atoms with van der Waals surface area (Å²) < 4.78 is 9.83. The third-order valence-corrected chi connectivity index (χ3v) is 6.31. The van der Waals surface area contributed by atoms with E-state index in [1.54, 1.807) is 12.0 Å². The fourth-order valence-electron chi connectivity index (χ4n) is 3.79. The second kappa shape index (κ2) is 11.3. The maximum absolute atomic E-state index is 12.3. The molecule has 0 unspecified atom stereocenters. The normalized spacial score (nSPS) is 14.3. The van der Waals surface area contributed by atoms with Crippen molar-refractivity contribution in [2.24, 2.45) is 0 Å². The SMILES string of the molecule is COc1cccc(Cc2nsc(N(CCC(=O)NCC[NH+]3CCCC3)C(C)C)n2)c1. The fraction of sp³-hybridized carbons (Fsp3) is 0.591. The number of carbonyl (C=O) groups is 1. The lowest BCUT2D eigenvalue weighted by molar-refractivity contribution is -0.886. The van der Waals surface area contributed by atoms with Crippen molar-refractivity contribution >= 4 is 22.6 Å². The average molecular weight is 433 g/mol. The lowest BCUT2D eigenvalue weighted by Crippen LogP contribution is -3.10. The molecule has 1 saturated heterocycles. The number of benzene rings is 1. The summed E-state index contributed by atoms with van der Waals surface area (Å²) in [7, 11) is 1.67. The van der Waals surface area contributed by atoms with E-state index in [4.69, 9.17) is 9.72 Å². The maximum atomic E-state index is 12.3. The van der Waals surface area contributed by atoms with Crippen LogP contribution in [0.5, 0.6) is 5.75 Å². The second-order valence-corrected chi connectivity index (χ2v) is 8.85. The highest BCUT2D eigenvalue weighted by molar-refractivity contribution is 7.09. The van der Waals surface area contributed by atoms with Crippen molar-refractivity contribution < 1.29 is 14.4 Å². The molecule has 3 rings (SSSR count). The zero-order chi connectivity index (χ0) is 21.3. The number of amides is 1. The second-order valence-electron chi connectivity index (χ2n) is 8.12. The number of quaternary nitrogens is 1. The molecule has 8 heteroatoms. The van der Waals surface area contributed by atoms with Crippen LogP contribution in [0.25, 0.3) is 0 Å². The molecule has 1 aliphatic rings. The van der Waals surface area contributed by atoms with Gasteiger partial charge in [0.15, 0.2) is 0 Å². The van der Waals surface area contributed by atoms with E-state index in [2.05, 4.69) is 34.5 Å². The van der Waals surface area contributed by atoms with Crippen LogP contribution in [-0.2, 0) is 11.2 Å². The first-order chi connectivity index (χ1) is 14.5. The van der Waals surface area contributed by atoms with Crippen molar-refractivity contribution in [3.8, 4) is 5.75 Å². The maximum Gasteiger partial charge on any atom is 0.221 e. The molecule has 0 saturated carbocycles. The van der Waals surface area contributed by atoms with Gasteiger partial charge in [-0.3, -0.25) is 4.79 Å². The minimum atomic E-state index is 0.111. The van der Waals surface area contributed by atoms with E-state index in [1.807, 2.05) is 18.2 Å². The van der Waals surface area contributed by atoms with Crippen LogP contribution in [-0.4, -0.2) is 61.1 Å². The highest BCUT2D eigenvalue weighted by Gasteiger charge is 2.18. The fourth-order valence-corrected chi connectivity index (χ4v) is 4.63. The summed E-state index contributed by atoms with van der Waals surface area (Å²) in [5, 5.41) is 3.95. The van der Waals surface area contributed by atoms with Gasteiger partial charge in [-0.2, -0.15) is 4.37 Å². The van der Waals surface area contributed by atoms with Gasteiger partial charge in [0, 0.05) is 49.8 Å². The molecule has 1 fully saturated rings. The molecular formula is C22H34N5O2S+. The molecule has 7 nitrogen and oxygen atoms in total. The van der Waals surface area contributed by atoms with Gasteiger partial charge in [0.2, 0.25) is 11.0 Å². The van der Waals surface area contributed by atoms with Crippen LogP contribution >= 0.6 is 11.5 Å². The van der Waals surface area contributed by atoms with E-state index in [1.165, 1.54) is 37.5 Å². The van der Waals surface area contributed by atoms with E-state index < -0.39 is 0 Å². The highest BCUT2D eigenvalue weighted by atomic mass is 32.1. The summed E-state index contributed by atoms with van der Waals surface area (Å²) >= 11 is 1.40. The third-order valence-electron chi connectivity index (χ3n) is 5.51. The number of hydrogen-bond acceptors (Lipinski definition) is 6. The molecule has 1 aliphatic heterocycles. The molecular weight excluding hydrogens is 398 g/mol. The van der Waals surface area contributed by atoms with Gasteiger partial charge in [-0.1, -0.05) is 12.1 Å². The van der Waals surface area contributed by atoms with Crippen molar-refractivity contribution in [2.75, 3.05) is 44.7 Å². The molecule has 1 aromatic carbocycles. The number of likely N-dealkylation sites (tertiary alicyclic amines) is 1. The number of aromatic nitrogens is 2. The molecule has 164 valence electrons. The Bertz CT molecular complexity index is 804. The molecule has 30 heavy (non-hydrogen) atoms. The number of methoxy groups -OCH3 is 1. The average Bonchev–Trinajstić information content (AvgIpc) is 3.40. The van der Waals surface area contributed by atoms with Crippen LogP contribution in [0.4, 0.5) is 5.13 Å². The largest absolute Gasteiger partial charge is 0.497 e. The van der Waals surface area contributed by atoms with Crippen LogP contribution in [0.3, 0.4) is 0 Å². The van der Waals surface area contributed by atoms with Gasteiger partial charge in [-0.15, -0.1) is 0 Å². The number of carbonyl (C=O) groups excluding carboxylic acids is 1. The predicted octanol–water partition coefficient (Wildman–Crippen LogP) is 1.54. The third kappa shape index (κ3) is 6.67. The van der Waals surface area contributed by atoms with Gasteiger partial charge < -0.3 is 19.9 Å². The smallest absolute Gasteiger partial charge is 0.221 e. The summed E-state index contributed by atoms with van der Waals surface area (Å²) in [5.41, 5.74) is 1.12. The van der Waals surface area contributed by atoms with Gasteiger partial charge in [-0.05, 0) is 31.5 Å². The van der Waals surface area contributed by atoms with Gasteiger partial charge >= 0.3 is 0 Å². The van der Waals surface area contributed by atoms with Gasteiger partial charge in [0.1, 0.15) is 11.6 Å². The Labute approximate surface area is 183 Å². The minimum Gasteiger partial charge on any atom is -0.497 e. The Morgan fingerprint density at radius 1 is 1.33 bits per heavy atom. The van der Waals surface area contributed by atoms with Crippen molar-refractivity contribution in [1.82, 2.24) is 14.7 Å². The molecule has 1 amide bonds. The molecule has 2 heterocycles. The molecule has 1 aromatic heterocycles. The lowest BCUT2D eigenvalue weighted by atomic mass is 10.1. The molecule has 2 aromatic rings. The van der Waals surface area contributed by atoms with Gasteiger partial charge in [-0.25, -0.2) is 4.98 Å². The molecule has 0 bridgehead atoms. The van der Waals surface area contributed by atoms with Crippen molar-refractivity contribution in [2.45, 2.75) is 45.6 Å². The Hall–Kier alpha value is -2.19. The van der Waals surface area contributed by atoms with Crippen molar-refractivity contribution in [3.63, 3.8) is 0 Å². The monoisotopic (exact) mass is 432 g/mol. The summed E-state index contributed by atoms with van der Waals surface area (Å²) in [6.45, 7) is 9.17. The standard InChI is InChI=1S/C22H33N5O2S/c1-17(2)27(13-9-21(28)23-10-14-26-11-4-5-12-26)22-24-20(25-30-22)16-18-7-6-8-19(15-18)29-3/h6-8,15,17H,4-5,9-14,16H2,1-3H3,(H,23,28)/p+1. The van der Waals surface area contributed by atoms with Gasteiger partial charge in [0.25, 0.3) is 0 Å². The molecule has 0 aliphatic carbocycles. The Balaban J connectivity index is 1.49. The van der Waals surface area contributed by atoms with Crippen molar-refractivity contribution in [1.29, 1.82) is 0 Å². The summed E-state index contributed by atoms with van der Waals surface area (Å²) in [6, 6.07) is 8.23. The van der Waals surface area contributed by atoms with Crippen LogP contribution in [0.2, 0.25) is 0 Å². The van der Waals surface area contributed by atoms with E-state index in [-0.39, 0.29) is 11.9 Å². The number of nitrogens with zero attached hydrogens (tertiary/aromatic N) is 3. The number of anilines is 1. The molecule has 0 spiro atoms. The highest BCUT2D eigenvalue weighted by Crippen LogP contribution is 2.22. The summed E-state index contributed by atoms with van der Waals surface area (Å²) in [6.07, 6.45) is 3.76. The number of nitrogens with one attached hydrogen (secondary N) is 2. The zero-order valence-corrected chi connectivity index (χ0v) is 19.1.